The number of carbonyl (C=O) groups excluding carboxylic acids is 1. The van der Waals surface area contributed by atoms with Gasteiger partial charge in [-0.15, -0.1) is 0 Å². The topological polar surface area (TPSA) is 73.8 Å². The van der Waals surface area contributed by atoms with Crippen LogP contribution in [-0.2, 0) is 11.3 Å². The number of amides is 1. The average Bonchev–Trinajstić information content (AvgIpc) is 2.77. The number of hydrogen-bond donors (Lipinski definition) is 1. The van der Waals surface area contributed by atoms with Gasteiger partial charge in [-0.1, -0.05) is 6.58 Å². The van der Waals surface area contributed by atoms with Crippen molar-refractivity contribution in [2.75, 3.05) is 0 Å². The summed E-state index contributed by atoms with van der Waals surface area (Å²) in [6.45, 7) is 4.20. The molecule has 0 saturated heterocycles. The Morgan fingerprint density at radius 1 is 1.35 bits per heavy atom. The molecule has 0 bridgehead atoms. The minimum Gasteiger partial charge on any atom is -0.366 e. The Balaban J connectivity index is 2.14. The first kappa shape index (κ1) is 11.1. The van der Waals surface area contributed by atoms with Crippen LogP contribution >= 0.6 is 0 Å². The summed E-state index contributed by atoms with van der Waals surface area (Å²) in [4.78, 5) is 14.9. The van der Waals surface area contributed by atoms with Crippen molar-refractivity contribution in [3.63, 3.8) is 0 Å². The Bertz CT molecular complexity index is 545. The standard InChI is InChI=1S/C12H12N4O/c1-9(12(13)17)11-4-7-16(15-11)8-10-2-5-14-6-3-10/h2-7H,1,8H2,(H2,13,17). The number of hydrogen-bond acceptors (Lipinski definition) is 3. The first-order valence-corrected chi connectivity index (χ1v) is 5.08. The molecule has 2 N–H and O–H groups in total. The first-order chi connectivity index (χ1) is 8.16. The maximum absolute atomic E-state index is 10.9. The van der Waals surface area contributed by atoms with Gasteiger partial charge in [-0.05, 0) is 23.8 Å². The lowest BCUT2D eigenvalue weighted by Crippen LogP contribution is -2.12. The maximum atomic E-state index is 10.9. The molecule has 5 heteroatoms. The van der Waals surface area contributed by atoms with Crippen molar-refractivity contribution in [3.05, 3.63) is 54.6 Å². The van der Waals surface area contributed by atoms with Gasteiger partial charge in [0.25, 0.3) is 0 Å². The van der Waals surface area contributed by atoms with E-state index >= 15 is 0 Å². The van der Waals surface area contributed by atoms with Gasteiger partial charge in [-0.2, -0.15) is 5.10 Å². The second kappa shape index (κ2) is 4.61. The highest BCUT2D eigenvalue weighted by atomic mass is 16.1. The lowest BCUT2D eigenvalue weighted by Gasteiger charge is -2.01. The van der Waals surface area contributed by atoms with E-state index in [2.05, 4.69) is 16.7 Å². The summed E-state index contributed by atoms with van der Waals surface area (Å²) < 4.78 is 1.72. The van der Waals surface area contributed by atoms with Gasteiger partial charge >= 0.3 is 0 Å². The molecular weight excluding hydrogens is 216 g/mol. The van der Waals surface area contributed by atoms with Gasteiger partial charge < -0.3 is 5.73 Å². The van der Waals surface area contributed by atoms with E-state index in [4.69, 9.17) is 5.73 Å². The van der Waals surface area contributed by atoms with Crippen molar-refractivity contribution in [2.24, 2.45) is 5.73 Å². The molecule has 0 aliphatic carbocycles. The molecule has 0 aliphatic rings. The quantitative estimate of drug-likeness (QED) is 0.787. The zero-order valence-electron chi connectivity index (χ0n) is 9.21. The summed E-state index contributed by atoms with van der Waals surface area (Å²) in [6.07, 6.45) is 5.23. The molecule has 0 fully saturated rings. The van der Waals surface area contributed by atoms with Crippen molar-refractivity contribution in [2.45, 2.75) is 6.54 Å². The highest BCUT2D eigenvalue weighted by molar-refractivity contribution is 6.17. The molecule has 0 atom stereocenters. The van der Waals surface area contributed by atoms with E-state index < -0.39 is 5.91 Å². The molecule has 2 aromatic heterocycles. The number of nitrogens with two attached hydrogens (primary N) is 1. The van der Waals surface area contributed by atoms with Gasteiger partial charge in [0.2, 0.25) is 5.91 Å². The van der Waals surface area contributed by atoms with Crippen LogP contribution in [-0.4, -0.2) is 20.7 Å². The van der Waals surface area contributed by atoms with Gasteiger partial charge in [0, 0.05) is 18.6 Å². The molecule has 0 aromatic carbocycles. The minimum atomic E-state index is -0.556. The molecule has 0 spiro atoms. The van der Waals surface area contributed by atoms with Gasteiger partial charge in [-0.25, -0.2) is 0 Å². The van der Waals surface area contributed by atoms with Crippen LogP contribution in [0, 0.1) is 0 Å². The molecule has 0 saturated carbocycles. The largest absolute Gasteiger partial charge is 0.366 e. The third-order valence-electron chi connectivity index (χ3n) is 2.34. The third kappa shape index (κ3) is 2.57. The van der Waals surface area contributed by atoms with Crippen molar-refractivity contribution in [3.8, 4) is 0 Å². The Kier molecular flexibility index (Phi) is 3.00. The smallest absolute Gasteiger partial charge is 0.250 e. The fourth-order valence-corrected chi connectivity index (χ4v) is 1.41. The number of rotatable bonds is 4. The van der Waals surface area contributed by atoms with E-state index in [0.717, 1.165) is 5.56 Å². The summed E-state index contributed by atoms with van der Waals surface area (Å²) in [5.41, 5.74) is 6.94. The van der Waals surface area contributed by atoms with Crippen LogP contribution in [0.25, 0.3) is 5.57 Å². The SMILES string of the molecule is C=C(C(N)=O)c1ccn(Cc2ccncc2)n1. The van der Waals surface area contributed by atoms with Crippen molar-refractivity contribution >= 4 is 11.5 Å². The number of nitrogens with zero attached hydrogens (tertiary/aromatic N) is 3. The number of aromatic nitrogens is 3. The highest BCUT2D eigenvalue weighted by Crippen LogP contribution is 2.09. The van der Waals surface area contributed by atoms with E-state index in [0.29, 0.717) is 12.2 Å². The molecular formula is C12H12N4O. The van der Waals surface area contributed by atoms with Crippen molar-refractivity contribution in [1.82, 2.24) is 14.8 Å². The van der Waals surface area contributed by atoms with Crippen LogP contribution in [0.2, 0.25) is 0 Å². The van der Waals surface area contributed by atoms with Crippen LogP contribution in [0.1, 0.15) is 11.3 Å². The zero-order valence-corrected chi connectivity index (χ0v) is 9.21. The van der Waals surface area contributed by atoms with Crippen molar-refractivity contribution in [1.29, 1.82) is 0 Å². The molecule has 5 nitrogen and oxygen atoms in total. The lowest BCUT2D eigenvalue weighted by molar-refractivity contribution is -0.112. The van der Waals surface area contributed by atoms with E-state index in [1.54, 1.807) is 29.3 Å². The van der Waals surface area contributed by atoms with Crippen LogP contribution in [0.3, 0.4) is 0 Å². The van der Waals surface area contributed by atoms with Crippen LogP contribution in [0.15, 0.2) is 43.4 Å². The highest BCUT2D eigenvalue weighted by Gasteiger charge is 2.08. The summed E-state index contributed by atoms with van der Waals surface area (Å²) >= 11 is 0. The summed E-state index contributed by atoms with van der Waals surface area (Å²) in [5.74, 6) is -0.556. The molecule has 0 unspecified atom stereocenters. The summed E-state index contributed by atoms with van der Waals surface area (Å²) in [6, 6.07) is 5.53. The van der Waals surface area contributed by atoms with E-state index in [1.807, 2.05) is 12.1 Å². The number of primary amides is 1. The van der Waals surface area contributed by atoms with E-state index in [1.165, 1.54) is 0 Å². The third-order valence-corrected chi connectivity index (χ3v) is 2.34. The fourth-order valence-electron chi connectivity index (χ4n) is 1.41. The molecule has 2 aromatic rings. The summed E-state index contributed by atoms with van der Waals surface area (Å²) in [7, 11) is 0. The Morgan fingerprint density at radius 2 is 2.06 bits per heavy atom. The van der Waals surface area contributed by atoms with Crippen LogP contribution < -0.4 is 5.73 Å². The fraction of sp³-hybridized carbons (Fsp3) is 0.0833. The predicted molar refractivity (Wildman–Crippen MR) is 63.8 cm³/mol. The van der Waals surface area contributed by atoms with E-state index in [9.17, 15) is 4.79 Å². The Labute approximate surface area is 98.6 Å². The second-order valence-corrected chi connectivity index (χ2v) is 3.60. The van der Waals surface area contributed by atoms with Gasteiger partial charge in [0.05, 0.1) is 17.8 Å². The van der Waals surface area contributed by atoms with E-state index in [-0.39, 0.29) is 5.57 Å². The molecule has 1 amide bonds. The van der Waals surface area contributed by atoms with Crippen LogP contribution in [0.5, 0.6) is 0 Å². The van der Waals surface area contributed by atoms with Gasteiger partial charge in [0.15, 0.2) is 0 Å². The Morgan fingerprint density at radius 3 is 2.71 bits per heavy atom. The lowest BCUT2D eigenvalue weighted by atomic mass is 10.2. The number of carbonyl (C=O) groups is 1. The Hall–Kier alpha value is -2.43. The molecule has 0 aliphatic heterocycles. The molecule has 17 heavy (non-hydrogen) atoms. The normalized spacial score (nSPS) is 10.1. The monoisotopic (exact) mass is 228 g/mol. The minimum absolute atomic E-state index is 0.221. The zero-order chi connectivity index (χ0) is 12.3. The predicted octanol–water partition coefficient (Wildman–Crippen LogP) is 0.825. The molecule has 0 radical (unpaired) electrons. The summed E-state index contributed by atoms with van der Waals surface area (Å²) in [5, 5.41) is 4.22. The average molecular weight is 228 g/mol. The van der Waals surface area contributed by atoms with Crippen molar-refractivity contribution < 1.29 is 4.79 Å². The maximum Gasteiger partial charge on any atom is 0.250 e. The number of pyridine rings is 1. The van der Waals surface area contributed by atoms with Crippen LogP contribution in [0.4, 0.5) is 0 Å². The van der Waals surface area contributed by atoms with Gasteiger partial charge in [0.1, 0.15) is 0 Å². The second-order valence-electron chi connectivity index (χ2n) is 3.60. The molecule has 2 heterocycles. The first-order valence-electron chi connectivity index (χ1n) is 5.08. The molecule has 86 valence electrons. The van der Waals surface area contributed by atoms with Gasteiger partial charge in [-0.3, -0.25) is 14.5 Å². The molecule has 2 rings (SSSR count).